The molecule has 1 aromatic rings. The molecule has 0 heterocycles. The average molecular weight is 281 g/mol. The maximum atomic E-state index is 12.8. The van der Waals surface area contributed by atoms with Gasteiger partial charge in [0.15, 0.2) is 9.84 Å². The molecule has 0 bridgehead atoms. The molecule has 1 fully saturated rings. The molecule has 0 aliphatic heterocycles. The normalized spacial score (nSPS) is 24.4. The van der Waals surface area contributed by atoms with Crippen LogP contribution in [0.5, 0.6) is 0 Å². The fourth-order valence-corrected chi connectivity index (χ4v) is 5.46. The highest BCUT2D eigenvalue weighted by molar-refractivity contribution is 7.92. The van der Waals surface area contributed by atoms with Crippen LogP contribution in [0.15, 0.2) is 23.1 Å². The number of nitrogens with two attached hydrogens (primary N) is 1. The van der Waals surface area contributed by atoms with Gasteiger partial charge in [0.1, 0.15) is 0 Å². The number of aryl methyl sites for hydroxylation is 2. The molecule has 106 valence electrons. The number of benzene rings is 1. The minimum absolute atomic E-state index is 0.111. The third kappa shape index (κ3) is 2.84. The Hall–Kier alpha value is -0.870. The first-order chi connectivity index (χ1) is 8.96. The van der Waals surface area contributed by atoms with Crippen molar-refractivity contribution in [1.82, 2.24) is 0 Å². The van der Waals surface area contributed by atoms with Crippen LogP contribution in [-0.2, 0) is 9.84 Å². The molecule has 2 N–H and O–H groups in total. The third-order valence-electron chi connectivity index (χ3n) is 4.18. The van der Waals surface area contributed by atoms with E-state index < -0.39 is 9.84 Å². The first kappa shape index (κ1) is 14.5. The van der Waals surface area contributed by atoms with E-state index in [0.29, 0.717) is 11.4 Å². The zero-order chi connectivity index (χ0) is 14.0. The minimum Gasteiger partial charge on any atom is -0.330 e. The second-order valence-corrected chi connectivity index (χ2v) is 7.77. The van der Waals surface area contributed by atoms with Gasteiger partial charge >= 0.3 is 0 Å². The van der Waals surface area contributed by atoms with Crippen molar-refractivity contribution in [2.24, 2.45) is 11.7 Å². The summed E-state index contributed by atoms with van der Waals surface area (Å²) in [6, 6.07) is 5.56. The van der Waals surface area contributed by atoms with E-state index >= 15 is 0 Å². The van der Waals surface area contributed by atoms with Crippen LogP contribution in [0.4, 0.5) is 0 Å². The average Bonchev–Trinajstić information content (AvgIpc) is 2.38. The third-order valence-corrected chi connectivity index (χ3v) is 6.67. The summed E-state index contributed by atoms with van der Waals surface area (Å²) >= 11 is 0. The van der Waals surface area contributed by atoms with Crippen molar-refractivity contribution >= 4 is 9.84 Å². The lowest BCUT2D eigenvalue weighted by Crippen LogP contribution is -2.37. The van der Waals surface area contributed by atoms with Gasteiger partial charge in [-0.05, 0) is 50.8 Å². The van der Waals surface area contributed by atoms with E-state index in [9.17, 15) is 8.42 Å². The lowest BCUT2D eigenvalue weighted by atomic mass is 9.89. The number of hydrogen-bond donors (Lipinski definition) is 1. The van der Waals surface area contributed by atoms with Crippen LogP contribution in [0.1, 0.15) is 36.8 Å². The van der Waals surface area contributed by atoms with Crippen molar-refractivity contribution in [3.63, 3.8) is 0 Å². The van der Waals surface area contributed by atoms with E-state index in [1.807, 2.05) is 26.0 Å². The van der Waals surface area contributed by atoms with Gasteiger partial charge in [0.2, 0.25) is 0 Å². The van der Waals surface area contributed by atoms with Crippen LogP contribution < -0.4 is 5.73 Å². The molecule has 0 radical (unpaired) electrons. The zero-order valence-electron chi connectivity index (χ0n) is 11.7. The van der Waals surface area contributed by atoms with Gasteiger partial charge in [-0.1, -0.05) is 30.5 Å². The molecule has 0 aromatic heterocycles. The van der Waals surface area contributed by atoms with Crippen molar-refractivity contribution in [3.05, 3.63) is 29.3 Å². The first-order valence-electron chi connectivity index (χ1n) is 6.98. The van der Waals surface area contributed by atoms with Crippen molar-refractivity contribution < 1.29 is 8.42 Å². The van der Waals surface area contributed by atoms with Crippen molar-refractivity contribution in [2.75, 3.05) is 6.54 Å². The Bertz CT molecular complexity index is 551. The van der Waals surface area contributed by atoms with Crippen molar-refractivity contribution in [3.8, 4) is 0 Å². The Morgan fingerprint density at radius 2 is 1.89 bits per heavy atom. The highest BCUT2D eigenvalue weighted by Crippen LogP contribution is 2.33. The van der Waals surface area contributed by atoms with E-state index in [-0.39, 0.29) is 11.2 Å². The fraction of sp³-hybridized carbons (Fsp3) is 0.600. The fourth-order valence-electron chi connectivity index (χ4n) is 3.13. The van der Waals surface area contributed by atoms with Gasteiger partial charge in [0, 0.05) is 0 Å². The van der Waals surface area contributed by atoms with Crippen LogP contribution in [0, 0.1) is 19.8 Å². The number of hydrogen-bond acceptors (Lipinski definition) is 3. The van der Waals surface area contributed by atoms with Crippen molar-refractivity contribution in [2.45, 2.75) is 49.7 Å². The summed E-state index contributed by atoms with van der Waals surface area (Å²) in [7, 11) is -3.25. The molecule has 1 aromatic carbocycles. The number of rotatable bonds is 3. The summed E-state index contributed by atoms with van der Waals surface area (Å²) in [5.74, 6) is 0.111. The first-order valence-corrected chi connectivity index (χ1v) is 8.52. The lowest BCUT2D eigenvalue weighted by molar-refractivity contribution is 0.363. The highest BCUT2D eigenvalue weighted by Gasteiger charge is 2.36. The predicted octanol–water partition coefficient (Wildman–Crippen LogP) is 2.59. The van der Waals surface area contributed by atoms with E-state index in [0.717, 1.165) is 36.8 Å². The number of sulfone groups is 1. The Kier molecular flexibility index (Phi) is 4.31. The molecule has 2 atom stereocenters. The summed E-state index contributed by atoms with van der Waals surface area (Å²) in [6.45, 7) is 4.32. The molecule has 1 saturated carbocycles. The minimum atomic E-state index is -3.25. The molecular formula is C15H23NO2S. The summed E-state index contributed by atoms with van der Waals surface area (Å²) < 4.78 is 25.7. The summed E-state index contributed by atoms with van der Waals surface area (Å²) in [5, 5.41) is -0.298. The lowest BCUT2D eigenvalue weighted by Gasteiger charge is -2.30. The topological polar surface area (TPSA) is 60.2 Å². The maximum absolute atomic E-state index is 12.8. The Morgan fingerprint density at radius 3 is 2.53 bits per heavy atom. The molecule has 1 aliphatic rings. The van der Waals surface area contributed by atoms with Gasteiger partial charge in [-0.15, -0.1) is 0 Å². The molecule has 1 aliphatic carbocycles. The largest absolute Gasteiger partial charge is 0.330 e. The molecule has 2 rings (SSSR count). The molecule has 3 nitrogen and oxygen atoms in total. The molecule has 4 heteroatoms. The van der Waals surface area contributed by atoms with Crippen molar-refractivity contribution in [1.29, 1.82) is 0 Å². The zero-order valence-corrected chi connectivity index (χ0v) is 12.5. The van der Waals surface area contributed by atoms with E-state index in [1.54, 1.807) is 6.07 Å². The predicted molar refractivity (Wildman–Crippen MR) is 77.9 cm³/mol. The Labute approximate surface area is 116 Å². The van der Waals surface area contributed by atoms with Gasteiger partial charge in [-0.25, -0.2) is 8.42 Å². The Balaban J connectivity index is 2.40. The van der Waals surface area contributed by atoms with E-state index in [4.69, 9.17) is 5.73 Å². The van der Waals surface area contributed by atoms with Crippen LogP contribution in [0.3, 0.4) is 0 Å². The van der Waals surface area contributed by atoms with Gasteiger partial charge in [0.05, 0.1) is 10.1 Å². The smallest absolute Gasteiger partial charge is 0.181 e. The molecule has 0 amide bonds. The molecule has 19 heavy (non-hydrogen) atoms. The van der Waals surface area contributed by atoms with Gasteiger partial charge in [0.25, 0.3) is 0 Å². The second kappa shape index (κ2) is 5.63. The van der Waals surface area contributed by atoms with E-state index in [2.05, 4.69) is 0 Å². The van der Waals surface area contributed by atoms with Crippen LogP contribution in [-0.4, -0.2) is 20.2 Å². The van der Waals surface area contributed by atoms with E-state index in [1.165, 1.54) is 0 Å². The van der Waals surface area contributed by atoms with Gasteiger partial charge in [-0.3, -0.25) is 0 Å². The monoisotopic (exact) mass is 281 g/mol. The second-order valence-electron chi connectivity index (χ2n) is 5.63. The van der Waals surface area contributed by atoms with Crippen LogP contribution in [0.25, 0.3) is 0 Å². The van der Waals surface area contributed by atoms with Gasteiger partial charge < -0.3 is 5.73 Å². The summed E-state index contributed by atoms with van der Waals surface area (Å²) in [5.41, 5.74) is 7.71. The standard InChI is InChI=1S/C15H23NO2S/c1-11-7-8-14(12(2)9-11)19(17,18)15-6-4-3-5-13(15)10-16/h7-9,13,15H,3-6,10,16H2,1-2H3. The summed E-state index contributed by atoms with van der Waals surface area (Å²) in [6.07, 6.45) is 3.77. The van der Waals surface area contributed by atoms with Gasteiger partial charge in [-0.2, -0.15) is 0 Å². The maximum Gasteiger partial charge on any atom is 0.181 e. The van der Waals surface area contributed by atoms with Crippen LogP contribution in [0.2, 0.25) is 0 Å². The molecule has 0 saturated heterocycles. The summed E-state index contributed by atoms with van der Waals surface area (Å²) in [4.78, 5) is 0.489. The quantitative estimate of drug-likeness (QED) is 0.926. The Morgan fingerprint density at radius 1 is 1.21 bits per heavy atom. The SMILES string of the molecule is Cc1ccc(S(=O)(=O)C2CCCCC2CN)c(C)c1. The van der Waals surface area contributed by atoms with Crippen LogP contribution >= 0.6 is 0 Å². The molecule has 0 spiro atoms. The highest BCUT2D eigenvalue weighted by atomic mass is 32.2. The molecule has 2 unspecified atom stereocenters. The molecular weight excluding hydrogens is 258 g/mol.